The third-order valence-corrected chi connectivity index (χ3v) is 5.36. The number of fused-ring (bicyclic) bond motifs is 2. The van der Waals surface area contributed by atoms with Gasteiger partial charge < -0.3 is 10.1 Å². The number of hydrogen-bond donors (Lipinski definition) is 1. The number of rotatable bonds is 4. The van der Waals surface area contributed by atoms with Gasteiger partial charge in [0.05, 0.1) is 11.2 Å². The molecule has 2 bridgehead atoms. The second-order valence-electron chi connectivity index (χ2n) is 7.14. The lowest BCUT2D eigenvalue weighted by Gasteiger charge is -2.55. The second kappa shape index (κ2) is 6.04. The quantitative estimate of drug-likeness (QED) is 0.922. The van der Waals surface area contributed by atoms with Crippen molar-refractivity contribution in [1.82, 2.24) is 5.32 Å². The summed E-state index contributed by atoms with van der Waals surface area (Å²) in [6.07, 6.45) is 7.32. The number of carbonyl (C=O) groups excluding carboxylic acids is 1. The molecular formula is C19H27NO2. The van der Waals surface area contributed by atoms with E-state index in [0.29, 0.717) is 0 Å². The van der Waals surface area contributed by atoms with E-state index in [1.165, 1.54) is 12.0 Å². The van der Waals surface area contributed by atoms with Gasteiger partial charge in [-0.2, -0.15) is 0 Å². The fourth-order valence-corrected chi connectivity index (χ4v) is 4.50. The third-order valence-electron chi connectivity index (χ3n) is 5.36. The number of benzene rings is 1. The Morgan fingerprint density at radius 2 is 1.91 bits per heavy atom. The van der Waals surface area contributed by atoms with Crippen LogP contribution in [0, 0.1) is 0 Å². The molecule has 0 saturated carbocycles. The van der Waals surface area contributed by atoms with E-state index < -0.39 is 0 Å². The van der Waals surface area contributed by atoms with Crippen LogP contribution in [0.5, 0.6) is 0 Å². The SMILES string of the molecule is CC[C@@]12CCC[C@@](Cc3ccccc3)(C[C@H](NC(C)=O)C1)O2. The van der Waals surface area contributed by atoms with Crippen molar-refractivity contribution in [3.05, 3.63) is 35.9 Å². The molecule has 0 aromatic heterocycles. The standard InChI is InChI=1S/C19H27NO2/c1-3-18-10-7-11-19(22-18,12-16-8-5-4-6-9-16)14-17(13-18)20-15(2)21/h4-6,8-9,17H,3,7,10-14H2,1-2H3,(H,20,21)/t17-,18-,19-/m1/s1. The Balaban J connectivity index is 1.85. The first-order valence-electron chi connectivity index (χ1n) is 8.56. The number of amides is 1. The fraction of sp³-hybridized carbons (Fsp3) is 0.632. The molecule has 0 spiro atoms. The number of hydrogen-bond acceptors (Lipinski definition) is 2. The average molecular weight is 301 g/mol. The maximum absolute atomic E-state index is 11.5. The van der Waals surface area contributed by atoms with Gasteiger partial charge in [0.2, 0.25) is 5.91 Å². The minimum absolute atomic E-state index is 0.0433. The Morgan fingerprint density at radius 1 is 1.23 bits per heavy atom. The van der Waals surface area contributed by atoms with Crippen LogP contribution < -0.4 is 5.32 Å². The van der Waals surface area contributed by atoms with Gasteiger partial charge in [-0.05, 0) is 44.1 Å². The fourth-order valence-electron chi connectivity index (χ4n) is 4.50. The van der Waals surface area contributed by atoms with E-state index in [1.54, 1.807) is 6.92 Å². The van der Waals surface area contributed by atoms with Crippen LogP contribution in [0.25, 0.3) is 0 Å². The molecule has 2 aliphatic rings. The highest BCUT2D eigenvalue weighted by Crippen LogP contribution is 2.48. The largest absolute Gasteiger partial charge is 0.368 e. The average Bonchev–Trinajstić information content (AvgIpc) is 2.47. The summed E-state index contributed by atoms with van der Waals surface area (Å²) in [7, 11) is 0. The van der Waals surface area contributed by atoms with Crippen LogP contribution in [-0.4, -0.2) is 23.2 Å². The zero-order chi connectivity index (χ0) is 15.6. The van der Waals surface area contributed by atoms with Gasteiger partial charge in [0.1, 0.15) is 0 Å². The maximum Gasteiger partial charge on any atom is 0.217 e. The lowest BCUT2D eigenvalue weighted by Crippen LogP contribution is -2.60. The van der Waals surface area contributed by atoms with E-state index in [1.807, 2.05) is 0 Å². The monoisotopic (exact) mass is 301 g/mol. The highest BCUT2D eigenvalue weighted by Gasteiger charge is 2.51. The highest BCUT2D eigenvalue weighted by molar-refractivity contribution is 5.73. The lowest BCUT2D eigenvalue weighted by atomic mass is 9.70. The van der Waals surface area contributed by atoms with Gasteiger partial charge in [-0.1, -0.05) is 37.3 Å². The molecule has 3 rings (SSSR count). The van der Waals surface area contributed by atoms with Gasteiger partial charge in [0.25, 0.3) is 0 Å². The van der Waals surface area contributed by atoms with E-state index in [2.05, 4.69) is 42.6 Å². The first-order valence-corrected chi connectivity index (χ1v) is 8.56. The lowest BCUT2D eigenvalue weighted by molar-refractivity contribution is -0.227. The van der Waals surface area contributed by atoms with Crippen molar-refractivity contribution in [2.24, 2.45) is 0 Å². The number of ether oxygens (including phenoxy) is 1. The number of carbonyl (C=O) groups is 1. The molecule has 2 saturated heterocycles. The minimum atomic E-state index is -0.110. The summed E-state index contributed by atoms with van der Waals surface area (Å²) in [5, 5.41) is 3.16. The van der Waals surface area contributed by atoms with Crippen LogP contribution in [0.15, 0.2) is 30.3 Å². The summed E-state index contributed by atoms with van der Waals surface area (Å²) in [5.74, 6) is 0.0751. The molecule has 1 aromatic carbocycles. The molecule has 3 atom stereocenters. The first-order chi connectivity index (χ1) is 10.5. The van der Waals surface area contributed by atoms with Crippen molar-refractivity contribution < 1.29 is 9.53 Å². The molecular weight excluding hydrogens is 274 g/mol. The normalized spacial score (nSPS) is 34.2. The summed E-state index contributed by atoms with van der Waals surface area (Å²) in [4.78, 5) is 11.5. The minimum Gasteiger partial charge on any atom is -0.368 e. The molecule has 22 heavy (non-hydrogen) atoms. The first kappa shape index (κ1) is 15.5. The van der Waals surface area contributed by atoms with Crippen LogP contribution in [0.2, 0.25) is 0 Å². The Labute approximate surface area is 133 Å². The van der Waals surface area contributed by atoms with E-state index in [9.17, 15) is 4.79 Å². The predicted molar refractivity (Wildman–Crippen MR) is 87.7 cm³/mol. The molecule has 0 unspecified atom stereocenters. The van der Waals surface area contributed by atoms with Crippen LogP contribution >= 0.6 is 0 Å². The molecule has 2 heterocycles. The molecule has 1 N–H and O–H groups in total. The van der Waals surface area contributed by atoms with E-state index in [4.69, 9.17) is 4.74 Å². The molecule has 1 aromatic rings. The summed E-state index contributed by atoms with van der Waals surface area (Å²) in [6, 6.07) is 10.9. The third kappa shape index (κ3) is 3.19. The smallest absolute Gasteiger partial charge is 0.217 e. The second-order valence-corrected chi connectivity index (χ2v) is 7.14. The molecule has 0 aliphatic carbocycles. The van der Waals surface area contributed by atoms with Gasteiger partial charge in [-0.15, -0.1) is 0 Å². The zero-order valence-electron chi connectivity index (χ0n) is 13.7. The number of nitrogens with one attached hydrogen (secondary N) is 1. The predicted octanol–water partition coefficient (Wildman–Crippen LogP) is 3.62. The van der Waals surface area contributed by atoms with Gasteiger partial charge in [-0.3, -0.25) is 4.79 Å². The zero-order valence-corrected chi connectivity index (χ0v) is 13.7. The van der Waals surface area contributed by atoms with Crippen LogP contribution in [0.4, 0.5) is 0 Å². The molecule has 120 valence electrons. The van der Waals surface area contributed by atoms with Crippen molar-refractivity contribution >= 4 is 5.91 Å². The molecule has 0 radical (unpaired) electrons. The Morgan fingerprint density at radius 3 is 2.59 bits per heavy atom. The Kier molecular flexibility index (Phi) is 4.26. The van der Waals surface area contributed by atoms with Gasteiger partial charge in [-0.25, -0.2) is 0 Å². The summed E-state index contributed by atoms with van der Waals surface area (Å²) < 4.78 is 6.71. The van der Waals surface area contributed by atoms with Crippen molar-refractivity contribution in [3.8, 4) is 0 Å². The van der Waals surface area contributed by atoms with Gasteiger partial charge >= 0.3 is 0 Å². The van der Waals surface area contributed by atoms with Crippen LogP contribution in [-0.2, 0) is 16.0 Å². The summed E-state index contributed by atoms with van der Waals surface area (Å²) in [5.41, 5.74) is 1.18. The van der Waals surface area contributed by atoms with Gasteiger partial charge in [0, 0.05) is 19.4 Å². The topological polar surface area (TPSA) is 38.3 Å². The molecule has 2 aliphatic heterocycles. The van der Waals surface area contributed by atoms with Crippen molar-refractivity contribution in [1.29, 1.82) is 0 Å². The molecule has 2 fully saturated rings. The molecule has 3 nitrogen and oxygen atoms in total. The van der Waals surface area contributed by atoms with Crippen LogP contribution in [0.1, 0.15) is 57.9 Å². The molecule has 1 amide bonds. The molecule has 3 heteroatoms. The van der Waals surface area contributed by atoms with Crippen molar-refractivity contribution in [2.75, 3.05) is 0 Å². The van der Waals surface area contributed by atoms with Gasteiger partial charge in [0.15, 0.2) is 0 Å². The van der Waals surface area contributed by atoms with Crippen molar-refractivity contribution in [2.45, 2.75) is 76.0 Å². The Hall–Kier alpha value is -1.35. The van der Waals surface area contributed by atoms with Crippen LogP contribution in [0.3, 0.4) is 0 Å². The van der Waals surface area contributed by atoms with E-state index in [0.717, 1.165) is 38.5 Å². The van der Waals surface area contributed by atoms with Crippen molar-refractivity contribution in [3.63, 3.8) is 0 Å². The van der Waals surface area contributed by atoms with E-state index in [-0.39, 0.29) is 23.2 Å². The highest BCUT2D eigenvalue weighted by atomic mass is 16.5. The Bertz CT molecular complexity index is 529. The maximum atomic E-state index is 11.5. The summed E-state index contributed by atoms with van der Waals surface area (Å²) >= 11 is 0. The van der Waals surface area contributed by atoms with E-state index >= 15 is 0 Å². The summed E-state index contributed by atoms with van der Waals surface area (Å²) in [6.45, 7) is 3.84.